The van der Waals surface area contributed by atoms with Crippen LogP contribution in [0.5, 0.6) is 5.75 Å². The van der Waals surface area contributed by atoms with Crippen molar-refractivity contribution < 1.29 is 22.7 Å². The summed E-state index contributed by atoms with van der Waals surface area (Å²) >= 11 is 0. The van der Waals surface area contributed by atoms with Crippen LogP contribution in [0, 0.1) is 5.82 Å². The van der Waals surface area contributed by atoms with E-state index in [1.807, 2.05) is 6.92 Å². The number of hydrogen-bond donors (Lipinski definition) is 2. The van der Waals surface area contributed by atoms with E-state index in [9.17, 15) is 18.0 Å². The number of aliphatic imine (C=N–C) groups is 1. The van der Waals surface area contributed by atoms with Crippen LogP contribution in [0.3, 0.4) is 0 Å². The lowest BCUT2D eigenvalue weighted by Crippen LogP contribution is -2.42. The molecule has 0 aliphatic carbocycles. The highest BCUT2D eigenvalue weighted by atomic mass is 19.3. The Morgan fingerprint density at radius 1 is 1.33 bits per heavy atom. The van der Waals surface area contributed by atoms with Crippen molar-refractivity contribution in [1.82, 2.24) is 15.5 Å². The average molecular weight is 346 g/mol. The topological polar surface area (TPSA) is 66.0 Å². The van der Waals surface area contributed by atoms with Crippen LogP contribution in [-0.2, 0) is 11.3 Å². The zero-order chi connectivity index (χ0) is 18.1. The summed E-state index contributed by atoms with van der Waals surface area (Å²) in [7, 11) is 3.22. The molecule has 1 rings (SSSR count). The summed E-state index contributed by atoms with van der Waals surface area (Å²) in [6.45, 7) is -0.950. The van der Waals surface area contributed by atoms with E-state index in [2.05, 4.69) is 20.4 Å². The first-order valence-electron chi connectivity index (χ1n) is 7.29. The van der Waals surface area contributed by atoms with E-state index in [1.165, 1.54) is 17.0 Å². The standard InChI is InChI=1S/C15H21F3N4O2/c1-4-19-15(21-9-13(23)22(2)3)20-8-10-11(16)6-5-7-12(10)24-14(17)18/h5-7,14H,4,8-9H2,1-3H3,(H2,19,20,21). The number of amides is 1. The van der Waals surface area contributed by atoms with Gasteiger partial charge in [0.25, 0.3) is 0 Å². The van der Waals surface area contributed by atoms with Crippen molar-refractivity contribution in [1.29, 1.82) is 0 Å². The van der Waals surface area contributed by atoms with Crippen LogP contribution < -0.4 is 15.4 Å². The van der Waals surface area contributed by atoms with Crippen LogP contribution >= 0.6 is 0 Å². The molecule has 0 saturated heterocycles. The Kier molecular flexibility index (Phi) is 7.87. The molecule has 0 bridgehead atoms. The van der Waals surface area contributed by atoms with Crippen molar-refractivity contribution in [3.05, 3.63) is 29.6 Å². The van der Waals surface area contributed by atoms with Crippen LogP contribution in [0.15, 0.2) is 23.2 Å². The molecule has 1 aromatic rings. The molecule has 6 nitrogen and oxygen atoms in total. The predicted molar refractivity (Wildman–Crippen MR) is 84.5 cm³/mol. The van der Waals surface area contributed by atoms with Crippen molar-refractivity contribution >= 4 is 11.9 Å². The quantitative estimate of drug-likeness (QED) is 0.581. The fraction of sp³-hybridized carbons (Fsp3) is 0.467. The number of guanidine groups is 1. The average Bonchev–Trinajstić information content (AvgIpc) is 2.50. The minimum absolute atomic E-state index is 0.00348. The van der Waals surface area contributed by atoms with Gasteiger partial charge in [-0.25, -0.2) is 9.38 Å². The highest BCUT2D eigenvalue weighted by Crippen LogP contribution is 2.24. The van der Waals surface area contributed by atoms with Gasteiger partial charge in [0, 0.05) is 20.6 Å². The first kappa shape index (κ1) is 19.6. The number of hydrogen-bond acceptors (Lipinski definition) is 3. The van der Waals surface area contributed by atoms with Gasteiger partial charge < -0.3 is 20.3 Å². The van der Waals surface area contributed by atoms with E-state index in [4.69, 9.17) is 0 Å². The number of benzene rings is 1. The molecule has 134 valence electrons. The highest BCUT2D eigenvalue weighted by Gasteiger charge is 2.14. The van der Waals surface area contributed by atoms with Gasteiger partial charge in [0.15, 0.2) is 5.96 Å². The summed E-state index contributed by atoms with van der Waals surface area (Å²) in [4.78, 5) is 17.1. The number of likely N-dealkylation sites (N-methyl/N-ethyl adjacent to an activating group) is 1. The Morgan fingerprint density at radius 3 is 2.62 bits per heavy atom. The number of carbonyl (C=O) groups is 1. The van der Waals surface area contributed by atoms with Crippen LogP contribution in [-0.4, -0.2) is 50.6 Å². The lowest BCUT2D eigenvalue weighted by atomic mass is 10.2. The fourth-order valence-electron chi connectivity index (χ4n) is 1.72. The van der Waals surface area contributed by atoms with Gasteiger partial charge in [0.2, 0.25) is 5.91 Å². The molecule has 0 unspecified atom stereocenters. The first-order valence-corrected chi connectivity index (χ1v) is 7.29. The normalized spacial score (nSPS) is 11.4. The number of nitrogens with zero attached hydrogens (tertiary/aromatic N) is 2. The van der Waals surface area contributed by atoms with E-state index >= 15 is 0 Å². The molecule has 0 aromatic heterocycles. The van der Waals surface area contributed by atoms with Gasteiger partial charge in [-0.3, -0.25) is 4.79 Å². The lowest BCUT2D eigenvalue weighted by molar-refractivity contribution is -0.127. The summed E-state index contributed by atoms with van der Waals surface area (Å²) in [6.07, 6.45) is 0. The largest absolute Gasteiger partial charge is 0.434 e. The molecule has 0 saturated carbocycles. The fourth-order valence-corrected chi connectivity index (χ4v) is 1.72. The molecule has 0 fully saturated rings. The Labute approximate surface area is 138 Å². The van der Waals surface area contributed by atoms with Crippen LogP contribution in [0.2, 0.25) is 0 Å². The van der Waals surface area contributed by atoms with Crippen LogP contribution in [0.4, 0.5) is 13.2 Å². The summed E-state index contributed by atoms with van der Waals surface area (Å²) in [5.41, 5.74) is -0.0889. The van der Waals surface area contributed by atoms with Crippen LogP contribution in [0.25, 0.3) is 0 Å². The van der Waals surface area contributed by atoms with Gasteiger partial charge in [0.1, 0.15) is 11.6 Å². The zero-order valence-electron chi connectivity index (χ0n) is 13.8. The molecule has 0 atom stereocenters. The molecule has 1 amide bonds. The molecule has 0 heterocycles. The Morgan fingerprint density at radius 2 is 2.04 bits per heavy atom. The predicted octanol–water partition coefficient (Wildman–Crippen LogP) is 1.57. The van der Waals surface area contributed by atoms with Crippen LogP contribution in [0.1, 0.15) is 12.5 Å². The van der Waals surface area contributed by atoms with Gasteiger partial charge >= 0.3 is 6.61 Å². The Hall–Kier alpha value is -2.45. The third-order valence-corrected chi connectivity index (χ3v) is 2.94. The second-order valence-corrected chi connectivity index (χ2v) is 4.93. The molecule has 24 heavy (non-hydrogen) atoms. The number of halogens is 3. The Bertz CT molecular complexity index is 580. The number of carbonyl (C=O) groups excluding carboxylic acids is 1. The maximum absolute atomic E-state index is 13.9. The number of rotatable bonds is 7. The summed E-state index contributed by atoms with van der Waals surface area (Å²) < 4.78 is 42.9. The molecule has 9 heteroatoms. The maximum Gasteiger partial charge on any atom is 0.387 e. The number of nitrogens with one attached hydrogen (secondary N) is 2. The lowest BCUT2D eigenvalue weighted by Gasteiger charge is -2.15. The van der Waals surface area contributed by atoms with E-state index in [1.54, 1.807) is 14.1 Å². The zero-order valence-corrected chi connectivity index (χ0v) is 13.8. The van der Waals surface area contributed by atoms with E-state index in [-0.39, 0.29) is 36.3 Å². The van der Waals surface area contributed by atoms with Gasteiger partial charge in [-0.1, -0.05) is 6.07 Å². The molecule has 0 spiro atoms. The number of alkyl halides is 2. The monoisotopic (exact) mass is 346 g/mol. The molecule has 2 N–H and O–H groups in total. The summed E-state index contributed by atoms with van der Waals surface area (Å²) in [5.74, 6) is -0.877. The molecular weight excluding hydrogens is 325 g/mol. The molecular formula is C15H21F3N4O2. The minimum atomic E-state index is -3.06. The van der Waals surface area contributed by atoms with Crippen molar-refractivity contribution in [2.45, 2.75) is 20.1 Å². The van der Waals surface area contributed by atoms with Crippen molar-refractivity contribution in [2.24, 2.45) is 4.99 Å². The van der Waals surface area contributed by atoms with Gasteiger partial charge in [-0.15, -0.1) is 0 Å². The van der Waals surface area contributed by atoms with Gasteiger partial charge in [-0.2, -0.15) is 8.78 Å². The third-order valence-electron chi connectivity index (χ3n) is 2.94. The summed E-state index contributed by atoms with van der Waals surface area (Å²) in [6, 6.07) is 3.66. The SMILES string of the molecule is CCNC(=NCc1c(F)cccc1OC(F)F)NCC(=O)N(C)C. The molecule has 0 aliphatic heterocycles. The van der Waals surface area contributed by atoms with Gasteiger partial charge in [-0.05, 0) is 19.1 Å². The third kappa shape index (κ3) is 6.35. The smallest absolute Gasteiger partial charge is 0.387 e. The molecule has 1 aromatic carbocycles. The minimum Gasteiger partial charge on any atom is -0.434 e. The first-order chi connectivity index (χ1) is 11.3. The number of ether oxygens (including phenoxy) is 1. The highest BCUT2D eigenvalue weighted by molar-refractivity contribution is 5.86. The summed E-state index contributed by atoms with van der Waals surface area (Å²) in [5, 5.41) is 5.67. The van der Waals surface area contributed by atoms with E-state index < -0.39 is 12.4 Å². The molecule has 0 aliphatic rings. The second kappa shape index (κ2) is 9.64. The second-order valence-electron chi connectivity index (χ2n) is 4.93. The van der Waals surface area contributed by atoms with Crippen molar-refractivity contribution in [2.75, 3.05) is 27.2 Å². The molecule has 0 radical (unpaired) electrons. The van der Waals surface area contributed by atoms with E-state index in [0.29, 0.717) is 6.54 Å². The van der Waals surface area contributed by atoms with E-state index in [0.717, 1.165) is 6.07 Å². The Balaban J connectivity index is 2.87. The maximum atomic E-state index is 13.9. The van der Waals surface area contributed by atoms with Gasteiger partial charge in [0.05, 0.1) is 18.7 Å². The van der Waals surface area contributed by atoms with Crippen molar-refractivity contribution in [3.8, 4) is 5.75 Å². The van der Waals surface area contributed by atoms with Crippen molar-refractivity contribution in [3.63, 3.8) is 0 Å².